The average molecular weight is 320 g/mol. The van der Waals surface area contributed by atoms with Gasteiger partial charge in [0.2, 0.25) is 10.0 Å². The largest absolute Gasteiger partial charge is 0.360 e. The Morgan fingerprint density at radius 2 is 2.00 bits per heavy atom. The summed E-state index contributed by atoms with van der Waals surface area (Å²) in [6.07, 6.45) is 2.82. The summed E-state index contributed by atoms with van der Waals surface area (Å²) in [5.41, 5.74) is 2.75. The van der Waals surface area contributed by atoms with E-state index in [1.54, 1.807) is 20.9 Å². The van der Waals surface area contributed by atoms with Crippen molar-refractivity contribution in [2.75, 3.05) is 7.05 Å². The van der Waals surface area contributed by atoms with Crippen LogP contribution in [0.5, 0.6) is 0 Å². The van der Waals surface area contributed by atoms with Crippen LogP contribution in [-0.4, -0.2) is 24.9 Å². The maximum absolute atomic E-state index is 13.0. The lowest BCUT2D eigenvalue weighted by Crippen LogP contribution is -2.33. The van der Waals surface area contributed by atoms with Crippen molar-refractivity contribution in [3.8, 4) is 0 Å². The molecule has 1 heterocycles. The van der Waals surface area contributed by atoms with Gasteiger partial charge in [0, 0.05) is 7.05 Å². The highest BCUT2D eigenvalue weighted by molar-refractivity contribution is 7.89. The summed E-state index contributed by atoms with van der Waals surface area (Å²) < 4.78 is 32.4. The van der Waals surface area contributed by atoms with E-state index in [1.807, 2.05) is 18.2 Å². The minimum Gasteiger partial charge on any atom is -0.360 e. The third-order valence-corrected chi connectivity index (χ3v) is 6.49. The molecule has 6 heteroatoms. The molecule has 0 fully saturated rings. The molecule has 0 unspecified atom stereocenters. The Kier molecular flexibility index (Phi) is 3.82. The number of sulfonamides is 1. The van der Waals surface area contributed by atoms with Crippen molar-refractivity contribution in [2.45, 2.75) is 44.0 Å². The Balaban J connectivity index is 2.03. The molecule has 1 aromatic carbocycles. The van der Waals surface area contributed by atoms with Crippen molar-refractivity contribution in [1.82, 2.24) is 9.46 Å². The lowest BCUT2D eigenvalue weighted by Gasteiger charge is -2.32. The third-order valence-electron chi connectivity index (χ3n) is 4.38. The minimum absolute atomic E-state index is 0.136. The fourth-order valence-corrected chi connectivity index (χ4v) is 4.91. The molecular weight excluding hydrogens is 300 g/mol. The number of hydrogen-bond acceptors (Lipinski definition) is 4. The van der Waals surface area contributed by atoms with Gasteiger partial charge in [-0.25, -0.2) is 8.42 Å². The number of fused-ring (bicyclic) bond motifs is 1. The molecule has 0 amide bonds. The highest BCUT2D eigenvalue weighted by Crippen LogP contribution is 2.37. The summed E-state index contributed by atoms with van der Waals surface area (Å²) in [6.45, 7) is 3.29. The van der Waals surface area contributed by atoms with E-state index in [-0.39, 0.29) is 10.9 Å². The van der Waals surface area contributed by atoms with E-state index in [4.69, 9.17) is 4.52 Å². The lowest BCUT2D eigenvalue weighted by atomic mass is 9.88. The topological polar surface area (TPSA) is 63.4 Å². The van der Waals surface area contributed by atoms with Gasteiger partial charge < -0.3 is 4.52 Å². The molecule has 118 valence electrons. The van der Waals surface area contributed by atoms with E-state index in [9.17, 15) is 8.42 Å². The van der Waals surface area contributed by atoms with Gasteiger partial charge in [0.25, 0.3) is 0 Å². The fourth-order valence-electron chi connectivity index (χ4n) is 3.26. The quantitative estimate of drug-likeness (QED) is 0.872. The molecule has 1 atom stereocenters. The van der Waals surface area contributed by atoms with Gasteiger partial charge >= 0.3 is 0 Å². The van der Waals surface area contributed by atoms with Gasteiger partial charge in [-0.15, -0.1) is 0 Å². The zero-order valence-corrected chi connectivity index (χ0v) is 13.9. The summed E-state index contributed by atoms with van der Waals surface area (Å²) in [4.78, 5) is 0.193. The molecule has 0 radical (unpaired) electrons. The number of aryl methyl sites for hydroxylation is 3. The monoisotopic (exact) mass is 320 g/mol. The molecule has 0 saturated carbocycles. The smallest absolute Gasteiger partial charge is 0.248 e. The molecule has 1 aromatic heterocycles. The molecule has 22 heavy (non-hydrogen) atoms. The Labute approximate surface area is 131 Å². The second-order valence-electron chi connectivity index (χ2n) is 5.78. The molecule has 1 aliphatic rings. The molecule has 0 aliphatic heterocycles. The van der Waals surface area contributed by atoms with Gasteiger partial charge in [-0.1, -0.05) is 29.4 Å². The molecular formula is C16H20N2O3S. The zero-order chi connectivity index (χ0) is 15.9. The molecule has 0 spiro atoms. The van der Waals surface area contributed by atoms with Crippen LogP contribution in [0.1, 0.15) is 41.5 Å². The van der Waals surface area contributed by atoms with Crippen LogP contribution in [0.15, 0.2) is 33.7 Å². The Hall–Kier alpha value is -1.66. The molecule has 2 aromatic rings. The normalized spacial score (nSPS) is 18.5. The van der Waals surface area contributed by atoms with Crippen molar-refractivity contribution in [3.63, 3.8) is 0 Å². The fraction of sp³-hybridized carbons (Fsp3) is 0.438. The van der Waals surface area contributed by atoms with Crippen LogP contribution in [-0.2, 0) is 16.4 Å². The average Bonchev–Trinajstić information content (AvgIpc) is 2.85. The minimum atomic E-state index is -3.62. The number of hydrogen-bond donors (Lipinski definition) is 0. The van der Waals surface area contributed by atoms with Crippen LogP contribution in [0, 0.1) is 13.8 Å². The van der Waals surface area contributed by atoms with Crippen LogP contribution < -0.4 is 0 Å². The maximum Gasteiger partial charge on any atom is 0.248 e. The van der Waals surface area contributed by atoms with Gasteiger partial charge in [0.15, 0.2) is 5.76 Å². The number of rotatable bonds is 3. The van der Waals surface area contributed by atoms with Gasteiger partial charge in [0.05, 0.1) is 6.04 Å². The molecule has 0 bridgehead atoms. The predicted molar refractivity (Wildman–Crippen MR) is 83.0 cm³/mol. The van der Waals surface area contributed by atoms with Crippen molar-refractivity contribution in [3.05, 3.63) is 46.8 Å². The van der Waals surface area contributed by atoms with Crippen molar-refractivity contribution in [1.29, 1.82) is 0 Å². The molecule has 3 rings (SSSR count). The highest BCUT2D eigenvalue weighted by atomic mass is 32.2. The van der Waals surface area contributed by atoms with Gasteiger partial charge in [-0.05, 0) is 44.2 Å². The van der Waals surface area contributed by atoms with E-state index < -0.39 is 10.0 Å². The van der Waals surface area contributed by atoms with Crippen molar-refractivity contribution >= 4 is 10.0 Å². The standard InChI is InChI=1S/C16H20N2O3S/c1-11-16(12(2)21-17-11)22(19,20)18(3)15-10-6-8-13-7-4-5-9-14(13)15/h4-5,7,9,15H,6,8,10H2,1-3H3/t15-/m1/s1. The lowest BCUT2D eigenvalue weighted by molar-refractivity contribution is 0.336. The van der Waals surface area contributed by atoms with Crippen LogP contribution in [0.2, 0.25) is 0 Å². The molecule has 5 nitrogen and oxygen atoms in total. The summed E-state index contributed by atoms with van der Waals surface area (Å²) in [5.74, 6) is 0.341. The van der Waals surface area contributed by atoms with E-state index in [2.05, 4.69) is 11.2 Å². The van der Waals surface area contributed by atoms with Crippen LogP contribution >= 0.6 is 0 Å². The van der Waals surface area contributed by atoms with Gasteiger partial charge in [0.1, 0.15) is 10.6 Å². The molecule has 0 saturated heterocycles. The van der Waals surface area contributed by atoms with E-state index >= 15 is 0 Å². The number of nitrogens with zero attached hydrogens (tertiary/aromatic N) is 2. The van der Waals surface area contributed by atoms with E-state index in [1.165, 1.54) is 9.87 Å². The first-order valence-electron chi connectivity index (χ1n) is 7.41. The number of aromatic nitrogens is 1. The number of benzene rings is 1. The molecule has 1 aliphatic carbocycles. The Morgan fingerprint density at radius 1 is 1.27 bits per heavy atom. The summed E-state index contributed by atoms with van der Waals surface area (Å²) in [7, 11) is -1.98. The summed E-state index contributed by atoms with van der Waals surface area (Å²) in [6, 6.07) is 7.94. The summed E-state index contributed by atoms with van der Waals surface area (Å²) in [5, 5.41) is 3.77. The van der Waals surface area contributed by atoms with Crippen LogP contribution in [0.3, 0.4) is 0 Å². The van der Waals surface area contributed by atoms with E-state index in [0.717, 1.165) is 24.8 Å². The second kappa shape index (κ2) is 5.52. The summed E-state index contributed by atoms with van der Waals surface area (Å²) >= 11 is 0. The van der Waals surface area contributed by atoms with Crippen molar-refractivity contribution in [2.24, 2.45) is 0 Å². The van der Waals surface area contributed by atoms with Crippen LogP contribution in [0.4, 0.5) is 0 Å². The second-order valence-corrected chi connectivity index (χ2v) is 7.72. The van der Waals surface area contributed by atoms with Crippen LogP contribution in [0.25, 0.3) is 0 Å². The van der Waals surface area contributed by atoms with Gasteiger partial charge in [-0.2, -0.15) is 4.31 Å². The third kappa shape index (κ3) is 2.36. The first kappa shape index (κ1) is 15.2. The first-order chi connectivity index (χ1) is 10.4. The first-order valence-corrected chi connectivity index (χ1v) is 8.85. The molecule has 0 N–H and O–H groups in total. The maximum atomic E-state index is 13.0. The van der Waals surface area contributed by atoms with E-state index in [0.29, 0.717) is 11.5 Å². The Morgan fingerprint density at radius 3 is 2.68 bits per heavy atom. The SMILES string of the molecule is Cc1noc(C)c1S(=O)(=O)N(C)[C@@H]1CCCc2ccccc21. The Bertz CT molecular complexity index is 776. The highest BCUT2D eigenvalue weighted by Gasteiger charge is 2.35. The zero-order valence-electron chi connectivity index (χ0n) is 13.0. The van der Waals surface area contributed by atoms with Crippen molar-refractivity contribution < 1.29 is 12.9 Å². The van der Waals surface area contributed by atoms with Gasteiger partial charge in [-0.3, -0.25) is 0 Å². The predicted octanol–water partition coefficient (Wildman–Crippen LogP) is 2.99.